The van der Waals surface area contributed by atoms with Gasteiger partial charge in [0, 0.05) is 12.7 Å². The van der Waals surface area contributed by atoms with Crippen LogP contribution in [0.1, 0.15) is 46.5 Å². The smallest absolute Gasteiger partial charge is 0.319 e. The van der Waals surface area contributed by atoms with Crippen molar-refractivity contribution in [3.63, 3.8) is 0 Å². The lowest BCUT2D eigenvalue weighted by atomic mass is 10.1. The maximum Gasteiger partial charge on any atom is 0.319 e. The molecule has 0 aliphatic heterocycles. The van der Waals surface area contributed by atoms with Gasteiger partial charge in [-0.05, 0) is 25.8 Å². The fourth-order valence-electron chi connectivity index (χ4n) is 1.46. The number of unbranched alkanes of at least 4 members (excludes halogenated alkanes) is 3. The predicted octanol–water partition coefficient (Wildman–Crippen LogP) is 2.99. The number of ether oxygens (including phenoxy) is 1. The van der Waals surface area contributed by atoms with Crippen molar-refractivity contribution in [1.29, 1.82) is 0 Å². The van der Waals surface area contributed by atoms with Crippen LogP contribution in [0, 0.1) is 0 Å². The third-order valence-corrected chi connectivity index (χ3v) is 4.82. The molecule has 0 rings (SSSR count). The summed E-state index contributed by atoms with van der Waals surface area (Å²) >= 11 is 0. The number of hydrogen-bond donors (Lipinski definition) is 0. The molecule has 4 heteroatoms. The first-order valence-corrected chi connectivity index (χ1v) is 8.62. The standard InChI is InChI=1S/C13H26O3Si/c1-5-7-8-9-10-12(3)13(14)16-17(6-2)11-15-4/h10,17H,5-9,11H2,1-4H3. The monoisotopic (exact) mass is 258 g/mol. The molecule has 0 saturated heterocycles. The minimum Gasteiger partial charge on any atom is -0.516 e. The Morgan fingerprint density at radius 3 is 2.53 bits per heavy atom. The molecule has 0 aliphatic carbocycles. The first-order valence-electron chi connectivity index (χ1n) is 6.52. The summed E-state index contributed by atoms with van der Waals surface area (Å²) in [6.45, 7) is 6.05. The van der Waals surface area contributed by atoms with Gasteiger partial charge in [-0.3, -0.25) is 0 Å². The SMILES string of the molecule is CCCCCC=C(C)C(=O)O[SiH](CC)COC. The topological polar surface area (TPSA) is 35.5 Å². The molecule has 3 nitrogen and oxygen atoms in total. The Kier molecular flexibility index (Phi) is 10.2. The van der Waals surface area contributed by atoms with Gasteiger partial charge in [0.1, 0.15) is 0 Å². The molecular weight excluding hydrogens is 232 g/mol. The van der Waals surface area contributed by atoms with Crippen LogP contribution < -0.4 is 0 Å². The second-order valence-corrected chi connectivity index (χ2v) is 6.90. The van der Waals surface area contributed by atoms with Crippen LogP contribution in [0.3, 0.4) is 0 Å². The third-order valence-electron chi connectivity index (χ3n) is 2.66. The number of rotatable bonds is 9. The van der Waals surface area contributed by atoms with E-state index in [1.165, 1.54) is 12.8 Å². The van der Waals surface area contributed by atoms with Gasteiger partial charge in [0.2, 0.25) is 0 Å². The maximum atomic E-state index is 11.7. The van der Waals surface area contributed by atoms with E-state index in [1.807, 2.05) is 19.9 Å². The van der Waals surface area contributed by atoms with Crippen LogP contribution in [0.25, 0.3) is 0 Å². The molecule has 0 aliphatic rings. The van der Waals surface area contributed by atoms with E-state index in [-0.39, 0.29) is 5.97 Å². The van der Waals surface area contributed by atoms with Crippen molar-refractivity contribution < 1.29 is 14.0 Å². The molecule has 0 aromatic heterocycles. The quantitative estimate of drug-likeness (QED) is 0.362. The molecule has 17 heavy (non-hydrogen) atoms. The highest BCUT2D eigenvalue weighted by Crippen LogP contribution is 2.06. The summed E-state index contributed by atoms with van der Waals surface area (Å²) in [7, 11) is 0.163. The molecule has 0 bridgehead atoms. The lowest BCUT2D eigenvalue weighted by Gasteiger charge is -2.13. The Morgan fingerprint density at radius 1 is 1.29 bits per heavy atom. The third kappa shape index (κ3) is 8.16. The van der Waals surface area contributed by atoms with Crippen LogP contribution in [0.15, 0.2) is 11.6 Å². The molecule has 0 amide bonds. The molecule has 100 valence electrons. The van der Waals surface area contributed by atoms with Crippen molar-refractivity contribution in [2.24, 2.45) is 0 Å². The lowest BCUT2D eigenvalue weighted by Crippen LogP contribution is -2.27. The van der Waals surface area contributed by atoms with Gasteiger partial charge in [0.05, 0.1) is 6.23 Å². The van der Waals surface area contributed by atoms with Gasteiger partial charge in [-0.2, -0.15) is 0 Å². The van der Waals surface area contributed by atoms with Crippen molar-refractivity contribution in [2.45, 2.75) is 52.5 Å². The second-order valence-electron chi connectivity index (χ2n) is 4.27. The average Bonchev–Trinajstić information content (AvgIpc) is 2.33. The largest absolute Gasteiger partial charge is 0.516 e. The van der Waals surface area contributed by atoms with Crippen molar-refractivity contribution in [1.82, 2.24) is 0 Å². The predicted molar refractivity (Wildman–Crippen MR) is 73.5 cm³/mol. The van der Waals surface area contributed by atoms with Crippen molar-refractivity contribution >= 4 is 15.0 Å². The van der Waals surface area contributed by atoms with Gasteiger partial charge in [-0.1, -0.05) is 32.8 Å². The Bertz CT molecular complexity index is 239. The van der Waals surface area contributed by atoms with Gasteiger partial charge >= 0.3 is 5.97 Å². The average molecular weight is 258 g/mol. The van der Waals surface area contributed by atoms with Gasteiger partial charge < -0.3 is 9.16 Å². The van der Waals surface area contributed by atoms with E-state index < -0.39 is 9.04 Å². The summed E-state index contributed by atoms with van der Waals surface area (Å²) in [4.78, 5) is 11.7. The number of hydrogen-bond acceptors (Lipinski definition) is 3. The Hall–Kier alpha value is -0.613. The summed E-state index contributed by atoms with van der Waals surface area (Å²) in [6, 6.07) is 0.919. The summed E-state index contributed by atoms with van der Waals surface area (Å²) in [5.41, 5.74) is 0.739. The molecule has 0 aromatic carbocycles. The van der Waals surface area contributed by atoms with Gasteiger partial charge in [0.25, 0.3) is 9.04 Å². The number of allylic oxidation sites excluding steroid dienone is 1. The van der Waals surface area contributed by atoms with Crippen LogP contribution >= 0.6 is 0 Å². The molecule has 0 saturated carbocycles. The number of carbonyl (C=O) groups is 1. The highest BCUT2D eigenvalue weighted by atomic mass is 28.3. The van der Waals surface area contributed by atoms with Crippen LogP contribution in [-0.4, -0.2) is 28.3 Å². The van der Waals surface area contributed by atoms with E-state index in [2.05, 4.69) is 6.92 Å². The normalized spacial score (nSPS) is 13.5. The lowest BCUT2D eigenvalue weighted by molar-refractivity contribution is -0.130. The Balaban J connectivity index is 4.01. The van der Waals surface area contributed by atoms with E-state index >= 15 is 0 Å². The summed E-state index contributed by atoms with van der Waals surface area (Å²) in [5, 5.41) is 0. The molecule has 0 heterocycles. The minimum absolute atomic E-state index is 0.155. The van der Waals surface area contributed by atoms with Crippen LogP contribution in [0.4, 0.5) is 0 Å². The Labute approximate surface area is 107 Å². The molecule has 1 unspecified atom stereocenters. The molecule has 0 spiro atoms. The van der Waals surface area contributed by atoms with Crippen LogP contribution in [-0.2, 0) is 14.0 Å². The van der Waals surface area contributed by atoms with E-state index in [0.717, 1.165) is 24.5 Å². The van der Waals surface area contributed by atoms with E-state index in [1.54, 1.807) is 7.11 Å². The van der Waals surface area contributed by atoms with Crippen molar-refractivity contribution in [2.75, 3.05) is 13.3 Å². The first-order chi connectivity index (χ1) is 8.15. The fourth-order valence-corrected chi connectivity index (χ4v) is 2.79. The Morgan fingerprint density at radius 2 is 2.00 bits per heavy atom. The highest BCUT2D eigenvalue weighted by Gasteiger charge is 2.15. The van der Waals surface area contributed by atoms with Crippen LogP contribution in [0.5, 0.6) is 0 Å². The minimum atomic E-state index is -1.49. The van der Waals surface area contributed by atoms with E-state index in [0.29, 0.717) is 6.23 Å². The van der Waals surface area contributed by atoms with E-state index in [4.69, 9.17) is 9.16 Å². The molecular formula is C13H26O3Si. The van der Waals surface area contributed by atoms with Gasteiger partial charge in [-0.15, -0.1) is 0 Å². The zero-order valence-corrected chi connectivity index (χ0v) is 12.8. The molecule has 0 aromatic rings. The zero-order chi connectivity index (χ0) is 13.1. The number of carbonyl (C=O) groups excluding carboxylic acids is 1. The zero-order valence-electron chi connectivity index (χ0n) is 11.6. The van der Waals surface area contributed by atoms with Crippen LogP contribution in [0.2, 0.25) is 6.04 Å². The second kappa shape index (κ2) is 10.5. The molecule has 0 radical (unpaired) electrons. The summed E-state index contributed by atoms with van der Waals surface area (Å²) < 4.78 is 10.5. The summed E-state index contributed by atoms with van der Waals surface area (Å²) in [5.74, 6) is -0.155. The molecule has 0 N–H and O–H groups in total. The van der Waals surface area contributed by atoms with Gasteiger partial charge in [0.15, 0.2) is 0 Å². The van der Waals surface area contributed by atoms with Crippen molar-refractivity contribution in [3.05, 3.63) is 11.6 Å². The maximum absolute atomic E-state index is 11.7. The number of methoxy groups -OCH3 is 1. The van der Waals surface area contributed by atoms with Crippen molar-refractivity contribution in [3.8, 4) is 0 Å². The summed E-state index contributed by atoms with van der Waals surface area (Å²) in [6.07, 6.45) is 7.13. The van der Waals surface area contributed by atoms with E-state index in [9.17, 15) is 4.79 Å². The fraction of sp³-hybridized carbons (Fsp3) is 0.769. The highest BCUT2D eigenvalue weighted by molar-refractivity contribution is 6.53. The van der Waals surface area contributed by atoms with Gasteiger partial charge in [-0.25, -0.2) is 4.79 Å². The molecule has 1 atom stereocenters. The first kappa shape index (κ1) is 16.4. The molecule has 0 fully saturated rings.